The van der Waals surface area contributed by atoms with Crippen molar-refractivity contribution in [2.75, 3.05) is 0 Å². The lowest BCUT2D eigenvalue weighted by atomic mass is 9.80. The predicted molar refractivity (Wildman–Crippen MR) is 104 cm³/mol. The summed E-state index contributed by atoms with van der Waals surface area (Å²) < 4.78 is 29.0. The van der Waals surface area contributed by atoms with Gasteiger partial charge in [0.25, 0.3) is 0 Å². The van der Waals surface area contributed by atoms with Crippen molar-refractivity contribution in [2.24, 2.45) is 11.8 Å². The van der Waals surface area contributed by atoms with Gasteiger partial charge in [0, 0.05) is 11.5 Å². The van der Waals surface area contributed by atoms with Gasteiger partial charge in [0.05, 0.1) is 5.56 Å². The quantitative estimate of drug-likeness (QED) is 0.527. The Hall–Kier alpha value is -2.14. The normalized spacial score (nSPS) is 19.7. The molecule has 2 aromatic rings. The van der Waals surface area contributed by atoms with Crippen molar-refractivity contribution >= 4 is 0 Å². The molecular formula is C24H26F2. The van der Waals surface area contributed by atoms with E-state index in [1.54, 1.807) is 12.1 Å². The maximum Gasteiger partial charge on any atom is 0.175 e. The molecule has 0 bridgehead atoms. The molecule has 0 atom stereocenters. The summed E-state index contributed by atoms with van der Waals surface area (Å²) in [6.45, 7) is 4.19. The van der Waals surface area contributed by atoms with Crippen LogP contribution in [-0.4, -0.2) is 0 Å². The van der Waals surface area contributed by atoms with Gasteiger partial charge in [-0.2, -0.15) is 0 Å². The Labute approximate surface area is 155 Å². The number of hydrogen-bond donors (Lipinski definition) is 0. The Kier molecular flexibility index (Phi) is 6.09. The van der Waals surface area contributed by atoms with Gasteiger partial charge in [0.1, 0.15) is 0 Å². The second-order valence-corrected chi connectivity index (χ2v) is 7.43. The van der Waals surface area contributed by atoms with E-state index in [0.717, 1.165) is 24.3 Å². The van der Waals surface area contributed by atoms with Crippen molar-refractivity contribution in [3.63, 3.8) is 0 Å². The summed E-state index contributed by atoms with van der Waals surface area (Å²) in [6.07, 6.45) is 7.08. The SMILES string of the molecule is CCCC1CCC(C#Cc2ccc(-c3ccc(C)cc3)c(F)c2F)CC1. The Bertz CT molecular complexity index is 801. The zero-order valence-electron chi connectivity index (χ0n) is 15.6. The zero-order chi connectivity index (χ0) is 18.5. The van der Waals surface area contributed by atoms with E-state index in [1.165, 1.54) is 25.7 Å². The van der Waals surface area contributed by atoms with E-state index < -0.39 is 11.6 Å². The van der Waals surface area contributed by atoms with Crippen molar-refractivity contribution in [3.05, 3.63) is 59.2 Å². The van der Waals surface area contributed by atoms with Crippen LogP contribution in [0.2, 0.25) is 0 Å². The lowest BCUT2D eigenvalue weighted by Gasteiger charge is -2.25. The average Bonchev–Trinajstić information content (AvgIpc) is 2.65. The summed E-state index contributed by atoms with van der Waals surface area (Å²) in [5.74, 6) is 5.55. The second-order valence-electron chi connectivity index (χ2n) is 7.43. The van der Waals surface area contributed by atoms with Crippen molar-refractivity contribution in [3.8, 4) is 23.0 Å². The van der Waals surface area contributed by atoms with E-state index >= 15 is 0 Å². The number of hydrogen-bond acceptors (Lipinski definition) is 0. The standard InChI is InChI=1S/C24H26F2/c1-3-4-18-7-9-19(10-8-18)11-14-21-15-16-22(24(26)23(21)25)20-12-5-17(2)6-13-20/h5-6,12-13,15-16,18-19H,3-4,7-10H2,1-2H3. The third-order valence-corrected chi connectivity index (χ3v) is 5.40. The Morgan fingerprint density at radius 1 is 0.923 bits per heavy atom. The molecule has 3 rings (SSSR count). The molecule has 0 saturated heterocycles. The summed E-state index contributed by atoms with van der Waals surface area (Å²) in [5.41, 5.74) is 2.22. The molecule has 0 nitrogen and oxygen atoms in total. The average molecular weight is 352 g/mol. The van der Waals surface area contributed by atoms with Crippen LogP contribution < -0.4 is 0 Å². The van der Waals surface area contributed by atoms with Gasteiger partial charge < -0.3 is 0 Å². The minimum absolute atomic E-state index is 0.161. The summed E-state index contributed by atoms with van der Waals surface area (Å²) in [7, 11) is 0. The second kappa shape index (κ2) is 8.49. The molecule has 26 heavy (non-hydrogen) atoms. The number of rotatable bonds is 3. The highest BCUT2D eigenvalue weighted by molar-refractivity contribution is 5.65. The summed E-state index contributed by atoms with van der Waals surface area (Å²) in [5, 5.41) is 0. The Balaban J connectivity index is 1.75. The van der Waals surface area contributed by atoms with E-state index in [9.17, 15) is 8.78 Å². The smallest absolute Gasteiger partial charge is 0.175 e. The molecule has 0 aliphatic heterocycles. The van der Waals surface area contributed by atoms with Crippen LogP contribution in [0.5, 0.6) is 0 Å². The van der Waals surface area contributed by atoms with Gasteiger partial charge in [-0.05, 0) is 56.2 Å². The largest absolute Gasteiger partial charge is 0.203 e. The van der Waals surface area contributed by atoms with Crippen LogP contribution in [0.3, 0.4) is 0 Å². The topological polar surface area (TPSA) is 0 Å². The molecular weight excluding hydrogens is 326 g/mol. The van der Waals surface area contributed by atoms with Crippen molar-refractivity contribution in [2.45, 2.75) is 52.4 Å². The molecule has 1 aliphatic rings. The summed E-state index contributed by atoms with van der Waals surface area (Å²) in [6, 6.07) is 10.7. The van der Waals surface area contributed by atoms with Crippen LogP contribution in [0.25, 0.3) is 11.1 Å². The molecule has 2 aromatic carbocycles. The highest BCUT2D eigenvalue weighted by atomic mass is 19.2. The number of aryl methyl sites for hydroxylation is 1. The first kappa shape index (κ1) is 18.6. The molecule has 0 N–H and O–H groups in total. The fourth-order valence-corrected chi connectivity index (χ4v) is 3.79. The van der Waals surface area contributed by atoms with E-state index in [0.29, 0.717) is 11.5 Å². The summed E-state index contributed by atoms with van der Waals surface area (Å²) in [4.78, 5) is 0. The van der Waals surface area contributed by atoms with Crippen molar-refractivity contribution < 1.29 is 8.78 Å². The summed E-state index contributed by atoms with van der Waals surface area (Å²) >= 11 is 0. The molecule has 1 fully saturated rings. The zero-order valence-corrected chi connectivity index (χ0v) is 15.6. The van der Waals surface area contributed by atoms with Crippen LogP contribution in [0, 0.1) is 42.2 Å². The fourth-order valence-electron chi connectivity index (χ4n) is 3.79. The first-order valence-electron chi connectivity index (χ1n) is 9.65. The van der Waals surface area contributed by atoms with E-state index in [4.69, 9.17) is 0 Å². The first-order valence-corrected chi connectivity index (χ1v) is 9.65. The highest BCUT2D eigenvalue weighted by Gasteiger charge is 2.19. The van der Waals surface area contributed by atoms with Crippen LogP contribution >= 0.6 is 0 Å². The third-order valence-electron chi connectivity index (χ3n) is 5.40. The van der Waals surface area contributed by atoms with Crippen molar-refractivity contribution in [1.82, 2.24) is 0 Å². The van der Waals surface area contributed by atoms with Crippen LogP contribution in [0.15, 0.2) is 36.4 Å². The maximum atomic E-state index is 14.5. The molecule has 0 unspecified atom stereocenters. The highest BCUT2D eigenvalue weighted by Crippen LogP contribution is 2.31. The van der Waals surface area contributed by atoms with Gasteiger partial charge in [-0.25, -0.2) is 8.78 Å². The van der Waals surface area contributed by atoms with Crippen LogP contribution in [0.4, 0.5) is 8.78 Å². The predicted octanol–water partition coefficient (Wildman–Crippen LogP) is 6.90. The van der Waals surface area contributed by atoms with Crippen LogP contribution in [-0.2, 0) is 0 Å². The molecule has 0 aromatic heterocycles. The maximum absolute atomic E-state index is 14.5. The molecule has 0 heterocycles. The lowest BCUT2D eigenvalue weighted by Crippen LogP contribution is -2.13. The first-order chi connectivity index (χ1) is 12.6. The molecule has 1 aliphatic carbocycles. The molecule has 1 saturated carbocycles. The van der Waals surface area contributed by atoms with Gasteiger partial charge >= 0.3 is 0 Å². The van der Waals surface area contributed by atoms with E-state index in [2.05, 4.69) is 18.8 Å². The van der Waals surface area contributed by atoms with Gasteiger partial charge in [0.2, 0.25) is 0 Å². The minimum atomic E-state index is -0.838. The van der Waals surface area contributed by atoms with E-state index in [-0.39, 0.29) is 11.1 Å². The number of benzene rings is 2. The van der Waals surface area contributed by atoms with Crippen LogP contribution in [0.1, 0.15) is 56.6 Å². The van der Waals surface area contributed by atoms with Gasteiger partial charge in [-0.3, -0.25) is 0 Å². The molecule has 2 heteroatoms. The molecule has 0 amide bonds. The molecule has 136 valence electrons. The van der Waals surface area contributed by atoms with E-state index in [1.807, 2.05) is 31.2 Å². The van der Waals surface area contributed by atoms with Gasteiger partial charge in [-0.1, -0.05) is 61.4 Å². The van der Waals surface area contributed by atoms with Gasteiger partial charge in [-0.15, -0.1) is 0 Å². The molecule has 0 spiro atoms. The Morgan fingerprint density at radius 2 is 1.62 bits per heavy atom. The third kappa shape index (κ3) is 4.33. The lowest BCUT2D eigenvalue weighted by molar-refractivity contribution is 0.300. The number of halogens is 2. The monoisotopic (exact) mass is 352 g/mol. The fraction of sp³-hybridized carbons (Fsp3) is 0.417. The minimum Gasteiger partial charge on any atom is -0.203 e. The molecule has 0 radical (unpaired) electrons. The van der Waals surface area contributed by atoms with Crippen molar-refractivity contribution in [1.29, 1.82) is 0 Å². The Morgan fingerprint density at radius 3 is 2.27 bits per heavy atom. The van der Waals surface area contributed by atoms with Gasteiger partial charge in [0.15, 0.2) is 11.6 Å².